The maximum Gasteiger partial charge on any atom is 0.149 e. The highest BCUT2D eigenvalue weighted by Crippen LogP contribution is 2.45. The van der Waals surface area contributed by atoms with Gasteiger partial charge in [-0.15, -0.1) is 0 Å². The van der Waals surface area contributed by atoms with E-state index in [4.69, 9.17) is 15.0 Å². The van der Waals surface area contributed by atoms with Crippen molar-refractivity contribution in [1.82, 2.24) is 19.5 Å². The van der Waals surface area contributed by atoms with Gasteiger partial charge in [0.2, 0.25) is 0 Å². The van der Waals surface area contributed by atoms with Gasteiger partial charge in [-0.2, -0.15) is 0 Å². The molecule has 0 aliphatic rings. The first-order valence-electron chi connectivity index (χ1n) is 18.5. The van der Waals surface area contributed by atoms with E-state index in [0.29, 0.717) is 11.4 Å². The van der Waals surface area contributed by atoms with Gasteiger partial charge in [-0.1, -0.05) is 151 Å². The van der Waals surface area contributed by atoms with Gasteiger partial charge in [0, 0.05) is 40.2 Å². The molecular weight excluding hydrogens is 661 g/mol. The molecular formula is C49H44N4O. The Kier molecular flexibility index (Phi) is 8.74. The third-order valence-corrected chi connectivity index (χ3v) is 10.1. The summed E-state index contributed by atoms with van der Waals surface area (Å²) in [5.41, 5.74) is 12.8. The Balaban J connectivity index is 1.37. The molecule has 0 aliphatic carbocycles. The van der Waals surface area contributed by atoms with E-state index >= 15 is 0 Å². The van der Waals surface area contributed by atoms with Crippen molar-refractivity contribution in [3.63, 3.8) is 0 Å². The minimum atomic E-state index is -0.306. The van der Waals surface area contributed by atoms with E-state index in [0.717, 1.165) is 72.6 Å². The second-order valence-corrected chi connectivity index (χ2v) is 16.0. The molecule has 0 saturated heterocycles. The van der Waals surface area contributed by atoms with Crippen molar-refractivity contribution in [2.24, 2.45) is 0 Å². The summed E-state index contributed by atoms with van der Waals surface area (Å²) in [7, 11) is 0. The largest absolute Gasteiger partial charge is 0.507 e. The van der Waals surface area contributed by atoms with Gasteiger partial charge in [0.05, 0.1) is 28.2 Å². The lowest BCUT2D eigenvalue weighted by molar-refractivity contribution is 0.446. The summed E-state index contributed by atoms with van der Waals surface area (Å²) in [6, 6.07) is 48.0. The molecule has 0 aliphatic heterocycles. The minimum absolute atomic E-state index is 0.165. The van der Waals surface area contributed by atoms with Crippen LogP contribution in [0.2, 0.25) is 0 Å². The molecule has 0 atom stereocenters. The standard InChI is InChI=1S/C49H44N4O/c1-48(2,3)37-29-39(46(54)40(30-37)49(4,5)6)47-52-45-43(53(47)42-23-14-13-22-38(42)33-18-11-8-12-19-33)26-27-50-44(45)35-21-15-20-34(28-35)41-25-24-36(31-51-41)32-16-9-7-10-17-32/h7-31,54H,1-6H3. The van der Waals surface area contributed by atoms with Crippen LogP contribution in [0.1, 0.15) is 52.7 Å². The average molecular weight is 705 g/mol. The van der Waals surface area contributed by atoms with E-state index in [2.05, 4.69) is 155 Å². The van der Waals surface area contributed by atoms with Gasteiger partial charge >= 0.3 is 0 Å². The molecule has 0 fully saturated rings. The number of pyridine rings is 2. The van der Waals surface area contributed by atoms with Gasteiger partial charge in [-0.25, -0.2) is 4.98 Å². The number of rotatable bonds is 6. The Labute approximate surface area is 317 Å². The molecule has 0 amide bonds. The molecule has 5 aromatic carbocycles. The zero-order valence-corrected chi connectivity index (χ0v) is 31.7. The number of aromatic hydroxyl groups is 1. The SMILES string of the molecule is CC(C)(C)c1cc(-c2nc3c(-c4cccc(-c5ccc(-c6ccccc6)cn5)c4)nccc3n2-c2ccccc2-c2ccccc2)c(O)c(C(C)(C)C)c1. The minimum Gasteiger partial charge on any atom is -0.507 e. The summed E-state index contributed by atoms with van der Waals surface area (Å²) in [4.78, 5) is 15.3. The van der Waals surface area contributed by atoms with Crippen molar-refractivity contribution < 1.29 is 5.11 Å². The first-order valence-corrected chi connectivity index (χ1v) is 18.5. The third kappa shape index (κ3) is 6.47. The van der Waals surface area contributed by atoms with Crippen molar-refractivity contribution in [2.75, 3.05) is 0 Å². The fraction of sp³-hybridized carbons (Fsp3) is 0.163. The number of aromatic nitrogens is 4. The van der Waals surface area contributed by atoms with Crippen LogP contribution in [0, 0.1) is 0 Å². The van der Waals surface area contributed by atoms with Crippen molar-refractivity contribution in [1.29, 1.82) is 0 Å². The summed E-state index contributed by atoms with van der Waals surface area (Å²) in [6.45, 7) is 13.1. The van der Waals surface area contributed by atoms with Crippen LogP contribution in [0.4, 0.5) is 0 Å². The molecule has 3 heterocycles. The van der Waals surface area contributed by atoms with E-state index in [1.807, 2.05) is 42.7 Å². The Hall–Kier alpha value is -6.33. The molecule has 1 N–H and O–H groups in total. The third-order valence-electron chi connectivity index (χ3n) is 10.1. The number of nitrogens with zero attached hydrogens (tertiary/aromatic N) is 4. The number of phenols is 1. The van der Waals surface area contributed by atoms with Gasteiger partial charge in [-0.05, 0) is 57.9 Å². The van der Waals surface area contributed by atoms with Crippen LogP contribution in [0.15, 0.2) is 152 Å². The summed E-state index contributed by atoms with van der Waals surface area (Å²) in [5.74, 6) is 0.900. The number of fused-ring (bicyclic) bond motifs is 1. The van der Waals surface area contributed by atoms with Crippen LogP contribution in [0.5, 0.6) is 5.75 Å². The van der Waals surface area contributed by atoms with Crippen LogP contribution in [0.3, 0.4) is 0 Å². The lowest BCUT2D eigenvalue weighted by atomic mass is 9.79. The quantitative estimate of drug-likeness (QED) is 0.187. The molecule has 0 bridgehead atoms. The van der Waals surface area contributed by atoms with Crippen LogP contribution < -0.4 is 0 Å². The highest BCUT2D eigenvalue weighted by molar-refractivity contribution is 5.96. The van der Waals surface area contributed by atoms with Crippen LogP contribution in [-0.4, -0.2) is 24.6 Å². The lowest BCUT2D eigenvalue weighted by Gasteiger charge is -2.27. The summed E-state index contributed by atoms with van der Waals surface area (Å²) >= 11 is 0. The van der Waals surface area contributed by atoms with Gasteiger partial charge in [0.25, 0.3) is 0 Å². The maximum atomic E-state index is 12.2. The van der Waals surface area contributed by atoms with Crippen molar-refractivity contribution in [3.05, 3.63) is 163 Å². The molecule has 5 nitrogen and oxygen atoms in total. The number of benzene rings is 5. The Morgan fingerprint density at radius 2 is 1.20 bits per heavy atom. The topological polar surface area (TPSA) is 63.8 Å². The smallest absolute Gasteiger partial charge is 0.149 e. The number of hydrogen-bond donors (Lipinski definition) is 1. The van der Waals surface area contributed by atoms with E-state index in [9.17, 15) is 5.11 Å². The average Bonchev–Trinajstić information content (AvgIpc) is 3.57. The van der Waals surface area contributed by atoms with Gasteiger partial charge < -0.3 is 5.11 Å². The number of imidazole rings is 1. The second-order valence-electron chi connectivity index (χ2n) is 16.0. The van der Waals surface area contributed by atoms with E-state index < -0.39 is 0 Å². The summed E-state index contributed by atoms with van der Waals surface area (Å²) in [5, 5.41) is 12.2. The number of para-hydroxylation sites is 1. The van der Waals surface area contributed by atoms with Crippen LogP contribution in [0.25, 0.3) is 72.9 Å². The zero-order chi connectivity index (χ0) is 37.6. The number of phenolic OH excluding ortho intramolecular Hbond substituents is 1. The Bertz CT molecular complexity index is 2610. The van der Waals surface area contributed by atoms with E-state index in [-0.39, 0.29) is 16.6 Å². The fourth-order valence-electron chi connectivity index (χ4n) is 7.17. The highest BCUT2D eigenvalue weighted by Gasteiger charge is 2.29. The predicted molar refractivity (Wildman–Crippen MR) is 223 cm³/mol. The molecule has 8 aromatic rings. The van der Waals surface area contributed by atoms with Crippen molar-refractivity contribution in [3.8, 4) is 67.6 Å². The van der Waals surface area contributed by atoms with Gasteiger partial charge in [0.15, 0.2) is 0 Å². The highest BCUT2D eigenvalue weighted by atomic mass is 16.3. The molecule has 54 heavy (non-hydrogen) atoms. The summed E-state index contributed by atoms with van der Waals surface area (Å²) < 4.78 is 2.20. The van der Waals surface area contributed by atoms with Crippen LogP contribution >= 0.6 is 0 Å². The first-order chi connectivity index (χ1) is 26.0. The predicted octanol–water partition coefficient (Wildman–Crippen LogP) is 12.5. The zero-order valence-electron chi connectivity index (χ0n) is 31.7. The normalized spacial score (nSPS) is 12.0. The molecule has 0 unspecified atom stereocenters. The molecule has 8 rings (SSSR count). The second kappa shape index (κ2) is 13.6. The molecule has 0 spiro atoms. The monoisotopic (exact) mass is 704 g/mol. The summed E-state index contributed by atoms with van der Waals surface area (Å²) in [6.07, 6.45) is 3.79. The molecule has 0 radical (unpaired) electrons. The molecule has 266 valence electrons. The number of hydrogen-bond acceptors (Lipinski definition) is 4. The lowest BCUT2D eigenvalue weighted by Crippen LogP contribution is -2.17. The first kappa shape index (κ1) is 34.7. The molecule has 5 heteroatoms. The van der Waals surface area contributed by atoms with Gasteiger partial charge in [-0.3, -0.25) is 14.5 Å². The van der Waals surface area contributed by atoms with Crippen molar-refractivity contribution >= 4 is 11.0 Å². The molecule has 3 aromatic heterocycles. The van der Waals surface area contributed by atoms with E-state index in [1.165, 1.54) is 0 Å². The van der Waals surface area contributed by atoms with E-state index in [1.54, 1.807) is 0 Å². The Morgan fingerprint density at radius 1 is 0.537 bits per heavy atom. The fourth-order valence-corrected chi connectivity index (χ4v) is 7.17. The van der Waals surface area contributed by atoms with Crippen molar-refractivity contribution in [2.45, 2.75) is 52.4 Å². The van der Waals surface area contributed by atoms with Crippen LogP contribution in [-0.2, 0) is 10.8 Å². The van der Waals surface area contributed by atoms with Gasteiger partial charge in [0.1, 0.15) is 17.1 Å². The Morgan fingerprint density at radius 3 is 1.89 bits per heavy atom. The molecule has 0 saturated carbocycles. The maximum absolute atomic E-state index is 12.2.